The maximum atomic E-state index is 13.2. The first kappa shape index (κ1) is 9.88. The van der Waals surface area contributed by atoms with Gasteiger partial charge in [-0.25, -0.2) is 14.3 Å². The van der Waals surface area contributed by atoms with Gasteiger partial charge in [-0.1, -0.05) is 0 Å². The quantitative estimate of drug-likeness (QED) is 0.707. The number of halogens is 2. The second kappa shape index (κ2) is 4.15. The minimum atomic E-state index is -0.802. The standard InChI is InChI=1S/C8H9F2NO2/c1-13-7-3-2-6(9)5(4-11-12)8(7)10/h2-3,11-12H,4H2,1H3. The average Bonchev–Trinajstić information content (AvgIpc) is 2.12. The van der Waals surface area contributed by atoms with Crippen LogP contribution in [0.25, 0.3) is 0 Å². The molecule has 5 heteroatoms. The maximum absolute atomic E-state index is 13.2. The smallest absolute Gasteiger partial charge is 0.172 e. The first-order valence-corrected chi connectivity index (χ1v) is 3.58. The molecule has 0 radical (unpaired) electrons. The highest BCUT2D eigenvalue weighted by Crippen LogP contribution is 2.22. The molecule has 0 aromatic heterocycles. The lowest BCUT2D eigenvalue weighted by Gasteiger charge is -2.07. The lowest BCUT2D eigenvalue weighted by atomic mass is 10.2. The molecule has 0 unspecified atom stereocenters. The van der Waals surface area contributed by atoms with Crippen LogP contribution in [0.1, 0.15) is 5.56 Å². The van der Waals surface area contributed by atoms with Gasteiger partial charge in [0.25, 0.3) is 0 Å². The van der Waals surface area contributed by atoms with Crippen LogP contribution in [0, 0.1) is 11.6 Å². The number of nitrogens with one attached hydrogen (secondary N) is 1. The van der Waals surface area contributed by atoms with Crippen LogP contribution in [-0.4, -0.2) is 12.3 Å². The van der Waals surface area contributed by atoms with Crippen LogP contribution in [0.2, 0.25) is 0 Å². The van der Waals surface area contributed by atoms with Crippen molar-refractivity contribution in [3.63, 3.8) is 0 Å². The van der Waals surface area contributed by atoms with Crippen LogP contribution in [-0.2, 0) is 6.54 Å². The van der Waals surface area contributed by atoms with Crippen molar-refractivity contribution in [2.45, 2.75) is 6.54 Å². The summed E-state index contributed by atoms with van der Waals surface area (Å²) >= 11 is 0. The highest BCUT2D eigenvalue weighted by Gasteiger charge is 2.13. The van der Waals surface area contributed by atoms with Gasteiger partial charge in [0.1, 0.15) is 5.82 Å². The van der Waals surface area contributed by atoms with E-state index in [-0.39, 0.29) is 17.9 Å². The fourth-order valence-electron chi connectivity index (χ4n) is 0.975. The number of hydrogen-bond acceptors (Lipinski definition) is 3. The van der Waals surface area contributed by atoms with Crippen LogP contribution in [0.5, 0.6) is 5.75 Å². The molecular formula is C8H9F2NO2. The summed E-state index contributed by atoms with van der Waals surface area (Å²) in [5, 5.41) is 8.31. The molecule has 0 aliphatic carbocycles. The molecule has 0 saturated carbocycles. The van der Waals surface area contributed by atoms with E-state index in [2.05, 4.69) is 4.74 Å². The normalized spacial score (nSPS) is 10.2. The monoisotopic (exact) mass is 189 g/mol. The van der Waals surface area contributed by atoms with Crippen LogP contribution in [0.4, 0.5) is 8.78 Å². The van der Waals surface area contributed by atoms with Gasteiger partial charge in [-0.2, -0.15) is 0 Å². The Kier molecular flexibility index (Phi) is 3.16. The third kappa shape index (κ3) is 1.93. The van der Waals surface area contributed by atoms with E-state index in [4.69, 9.17) is 5.21 Å². The molecule has 0 fully saturated rings. The molecule has 72 valence electrons. The molecule has 0 saturated heterocycles. The van der Waals surface area contributed by atoms with Crippen LogP contribution >= 0.6 is 0 Å². The summed E-state index contributed by atoms with van der Waals surface area (Å²) in [4.78, 5) is 0. The molecule has 13 heavy (non-hydrogen) atoms. The second-order valence-electron chi connectivity index (χ2n) is 2.38. The van der Waals surface area contributed by atoms with Crippen molar-refractivity contribution in [2.24, 2.45) is 0 Å². The van der Waals surface area contributed by atoms with E-state index in [0.717, 1.165) is 6.07 Å². The highest BCUT2D eigenvalue weighted by atomic mass is 19.1. The van der Waals surface area contributed by atoms with Crippen molar-refractivity contribution >= 4 is 0 Å². The lowest BCUT2D eigenvalue weighted by Crippen LogP contribution is -2.10. The Bertz CT molecular complexity index is 304. The van der Waals surface area contributed by atoms with E-state index in [1.807, 2.05) is 0 Å². The van der Waals surface area contributed by atoms with Gasteiger partial charge in [-0.3, -0.25) is 0 Å². The van der Waals surface area contributed by atoms with Gasteiger partial charge < -0.3 is 9.94 Å². The molecule has 0 aliphatic heterocycles. The van der Waals surface area contributed by atoms with E-state index < -0.39 is 11.6 Å². The fourth-order valence-corrected chi connectivity index (χ4v) is 0.975. The molecular weight excluding hydrogens is 180 g/mol. The molecule has 1 aromatic carbocycles. The van der Waals surface area contributed by atoms with Gasteiger partial charge in [0, 0.05) is 5.56 Å². The van der Waals surface area contributed by atoms with Crippen LogP contribution in [0.15, 0.2) is 12.1 Å². The summed E-state index contributed by atoms with van der Waals surface area (Å²) < 4.78 is 30.7. The maximum Gasteiger partial charge on any atom is 0.172 e. The van der Waals surface area contributed by atoms with Crippen molar-refractivity contribution in [1.29, 1.82) is 0 Å². The van der Waals surface area contributed by atoms with Crippen molar-refractivity contribution in [3.8, 4) is 5.75 Å². The number of hydrogen-bond donors (Lipinski definition) is 2. The number of rotatable bonds is 3. The van der Waals surface area contributed by atoms with Crippen molar-refractivity contribution < 1.29 is 18.7 Å². The SMILES string of the molecule is COc1ccc(F)c(CNO)c1F. The van der Waals surface area contributed by atoms with E-state index in [1.54, 1.807) is 5.48 Å². The van der Waals surface area contributed by atoms with Crippen molar-refractivity contribution in [2.75, 3.05) is 7.11 Å². The predicted molar refractivity (Wildman–Crippen MR) is 41.5 cm³/mol. The van der Waals surface area contributed by atoms with Gasteiger partial charge in [0.15, 0.2) is 11.6 Å². The van der Waals surface area contributed by atoms with Crippen LogP contribution < -0.4 is 10.2 Å². The molecule has 0 atom stereocenters. The summed E-state index contributed by atoms with van der Waals surface area (Å²) in [6, 6.07) is 2.26. The summed E-state index contributed by atoms with van der Waals surface area (Å²) in [7, 11) is 1.28. The Morgan fingerprint density at radius 1 is 1.46 bits per heavy atom. The number of benzene rings is 1. The van der Waals surface area contributed by atoms with E-state index in [1.165, 1.54) is 13.2 Å². The molecule has 2 N–H and O–H groups in total. The Morgan fingerprint density at radius 3 is 2.69 bits per heavy atom. The third-order valence-corrected chi connectivity index (χ3v) is 1.63. The number of ether oxygens (including phenoxy) is 1. The van der Waals surface area contributed by atoms with E-state index >= 15 is 0 Å². The second-order valence-corrected chi connectivity index (χ2v) is 2.38. The molecule has 3 nitrogen and oxygen atoms in total. The Morgan fingerprint density at radius 2 is 2.15 bits per heavy atom. The number of hydroxylamine groups is 1. The molecule has 0 spiro atoms. The third-order valence-electron chi connectivity index (χ3n) is 1.63. The van der Waals surface area contributed by atoms with Gasteiger partial charge in [0.2, 0.25) is 0 Å². The van der Waals surface area contributed by atoms with Gasteiger partial charge >= 0.3 is 0 Å². The zero-order valence-corrected chi connectivity index (χ0v) is 6.97. The largest absolute Gasteiger partial charge is 0.494 e. The molecule has 0 amide bonds. The van der Waals surface area contributed by atoms with Gasteiger partial charge in [-0.15, -0.1) is 0 Å². The zero-order valence-electron chi connectivity index (χ0n) is 6.97. The minimum Gasteiger partial charge on any atom is -0.494 e. The van der Waals surface area contributed by atoms with Gasteiger partial charge in [0.05, 0.1) is 13.7 Å². The summed E-state index contributed by atoms with van der Waals surface area (Å²) in [5.41, 5.74) is 1.43. The van der Waals surface area contributed by atoms with Gasteiger partial charge in [-0.05, 0) is 12.1 Å². The molecule has 1 rings (SSSR count). The topological polar surface area (TPSA) is 41.5 Å². The summed E-state index contributed by atoms with van der Waals surface area (Å²) in [6.07, 6.45) is 0. The molecule has 0 heterocycles. The first-order valence-electron chi connectivity index (χ1n) is 3.58. The Hall–Kier alpha value is -1.20. The average molecular weight is 189 g/mol. The molecule has 1 aromatic rings. The van der Waals surface area contributed by atoms with Crippen molar-refractivity contribution in [3.05, 3.63) is 29.3 Å². The van der Waals surface area contributed by atoms with E-state index in [9.17, 15) is 8.78 Å². The highest BCUT2D eigenvalue weighted by molar-refractivity contribution is 5.32. The lowest BCUT2D eigenvalue weighted by molar-refractivity contribution is 0.158. The summed E-state index contributed by atoms with van der Waals surface area (Å²) in [5.74, 6) is -1.57. The fraction of sp³-hybridized carbons (Fsp3) is 0.250. The van der Waals surface area contributed by atoms with Crippen molar-refractivity contribution in [1.82, 2.24) is 5.48 Å². The zero-order chi connectivity index (χ0) is 9.84. The Labute approximate surface area is 73.9 Å². The van der Waals surface area contributed by atoms with E-state index in [0.29, 0.717) is 0 Å². The minimum absolute atomic E-state index is 0.0494. The summed E-state index contributed by atoms with van der Waals surface area (Å²) in [6.45, 7) is -0.297. The van der Waals surface area contributed by atoms with Crippen LogP contribution in [0.3, 0.4) is 0 Å². The number of methoxy groups -OCH3 is 1. The predicted octanol–water partition coefficient (Wildman–Crippen LogP) is 1.45. The molecule has 0 aliphatic rings. The molecule has 0 bridgehead atoms. The Balaban J connectivity index is 3.13. The first-order chi connectivity index (χ1) is 6.20.